The number of benzene rings is 1. The van der Waals surface area contributed by atoms with Crippen LogP contribution in [0.25, 0.3) is 0 Å². The molecule has 4 nitrogen and oxygen atoms in total. The van der Waals surface area contributed by atoms with Crippen molar-refractivity contribution in [2.45, 2.75) is 37.5 Å². The highest BCUT2D eigenvalue weighted by Gasteiger charge is 2.33. The number of ether oxygens (including phenoxy) is 1. The quantitative estimate of drug-likeness (QED) is 0.784. The molecule has 1 fully saturated rings. The Morgan fingerprint density at radius 2 is 1.88 bits per heavy atom. The highest BCUT2D eigenvalue weighted by Crippen LogP contribution is 2.38. The van der Waals surface area contributed by atoms with E-state index in [-0.39, 0.29) is 5.41 Å². The molecule has 5 heteroatoms. The summed E-state index contributed by atoms with van der Waals surface area (Å²) in [4.78, 5) is 4.19. The molecular weight excluding hydrogens is 330 g/mol. The molecule has 1 heterocycles. The van der Waals surface area contributed by atoms with E-state index in [1.54, 1.807) is 13.3 Å². The van der Waals surface area contributed by atoms with Crippen molar-refractivity contribution < 1.29 is 4.74 Å². The number of nitrogens with zero attached hydrogens (tertiary/aromatic N) is 1. The van der Waals surface area contributed by atoms with E-state index in [0.717, 1.165) is 12.2 Å². The van der Waals surface area contributed by atoms with Crippen LogP contribution in [0.15, 0.2) is 48.7 Å². The second kappa shape index (κ2) is 8.30. The molecule has 1 aliphatic rings. The maximum atomic E-state index is 5.48. The molecule has 0 atom stereocenters. The van der Waals surface area contributed by atoms with Crippen LogP contribution in [0.5, 0.6) is 5.88 Å². The first-order valence-corrected chi connectivity index (χ1v) is 9.23. The van der Waals surface area contributed by atoms with E-state index in [9.17, 15) is 0 Å². The van der Waals surface area contributed by atoms with Gasteiger partial charge in [-0.15, -0.1) is 0 Å². The van der Waals surface area contributed by atoms with Gasteiger partial charge in [-0.25, -0.2) is 4.98 Å². The van der Waals surface area contributed by atoms with Crippen LogP contribution in [0.1, 0.15) is 37.7 Å². The van der Waals surface area contributed by atoms with E-state index in [2.05, 4.69) is 45.9 Å². The molecule has 0 aliphatic heterocycles. The van der Waals surface area contributed by atoms with E-state index >= 15 is 0 Å². The first-order chi connectivity index (χ1) is 12.2. The molecule has 0 amide bonds. The number of thiocarbonyl (C=S) groups is 1. The first-order valence-electron chi connectivity index (χ1n) is 8.82. The number of rotatable bonds is 5. The van der Waals surface area contributed by atoms with Gasteiger partial charge in [0, 0.05) is 18.0 Å². The van der Waals surface area contributed by atoms with Crippen LogP contribution >= 0.6 is 12.2 Å². The number of nitrogens with one attached hydrogen (secondary N) is 2. The van der Waals surface area contributed by atoms with Gasteiger partial charge in [0.05, 0.1) is 19.0 Å². The van der Waals surface area contributed by atoms with Gasteiger partial charge in [-0.05, 0) is 36.7 Å². The summed E-state index contributed by atoms with van der Waals surface area (Å²) in [5.74, 6) is 0.592. The van der Waals surface area contributed by atoms with Crippen molar-refractivity contribution in [2.24, 2.45) is 0 Å². The highest BCUT2D eigenvalue weighted by atomic mass is 32.1. The predicted octanol–water partition coefficient (Wildman–Crippen LogP) is 4.28. The highest BCUT2D eigenvalue weighted by molar-refractivity contribution is 7.80. The van der Waals surface area contributed by atoms with Gasteiger partial charge in [0.25, 0.3) is 0 Å². The zero-order chi connectivity index (χ0) is 17.5. The SMILES string of the molecule is COc1ccc(NC(=S)NCC2(c3ccccc3)CCCCC2)cn1. The molecule has 1 aromatic heterocycles. The largest absolute Gasteiger partial charge is 0.481 e. The lowest BCUT2D eigenvalue weighted by Gasteiger charge is -2.38. The van der Waals surface area contributed by atoms with Gasteiger partial charge in [0.2, 0.25) is 5.88 Å². The topological polar surface area (TPSA) is 46.2 Å². The minimum atomic E-state index is 0.170. The second-order valence-corrected chi connectivity index (χ2v) is 7.01. The lowest BCUT2D eigenvalue weighted by atomic mass is 9.69. The maximum absolute atomic E-state index is 5.48. The minimum Gasteiger partial charge on any atom is -0.481 e. The van der Waals surface area contributed by atoms with Crippen molar-refractivity contribution in [1.29, 1.82) is 0 Å². The third-order valence-electron chi connectivity index (χ3n) is 4.99. The molecule has 0 spiro atoms. The summed E-state index contributed by atoms with van der Waals surface area (Å²) >= 11 is 5.48. The number of hydrogen-bond acceptors (Lipinski definition) is 3. The Bertz CT molecular complexity index is 682. The van der Waals surface area contributed by atoms with Crippen LogP contribution in [0.4, 0.5) is 5.69 Å². The van der Waals surface area contributed by atoms with Crippen LogP contribution in [-0.4, -0.2) is 23.8 Å². The maximum Gasteiger partial charge on any atom is 0.213 e. The Morgan fingerprint density at radius 1 is 1.12 bits per heavy atom. The summed E-state index contributed by atoms with van der Waals surface area (Å²) < 4.78 is 5.08. The summed E-state index contributed by atoms with van der Waals surface area (Å²) in [6.45, 7) is 0.854. The summed E-state index contributed by atoms with van der Waals surface area (Å²) in [5.41, 5.74) is 2.44. The molecule has 132 valence electrons. The van der Waals surface area contributed by atoms with Crippen LogP contribution in [0.2, 0.25) is 0 Å². The fraction of sp³-hybridized carbons (Fsp3) is 0.400. The summed E-state index contributed by atoms with van der Waals surface area (Å²) in [5, 5.41) is 7.27. The fourth-order valence-corrected chi connectivity index (χ4v) is 3.78. The molecule has 2 aromatic rings. The smallest absolute Gasteiger partial charge is 0.213 e. The van der Waals surface area contributed by atoms with Gasteiger partial charge >= 0.3 is 0 Å². The lowest BCUT2D eigenvalue weighted by molar-refractivity contribution is 0.292. The number of aromatic nitrogens is 1. The van der Waals surface area contributed by atoms with Crippen LogP contribution < -0.4 is 15.4 Å². The van der Waals surface area contributed by atoms with E-state index < -0.39 is 0 Å². The van der Waals surface area contributed by atoms with Gasteiger partial charge in [-0.1, -0.05) is 49.6 Å². The Morgan fingerprint density at radius 3 is 2.52 bits per heavy atom. The fourth-order valence-electron chi connectivity index (χ4n) is 3.59. The molecule has 2 N–H and O–H groups in total. The number of pyridine rings is 1. The van der Waals surface area contributed by atoms with Gasteiger partial charge in [0.1, 0.15) is 0 Å². The Labute approximate surface area is 155 Å². The van der Waals surface area contributed by atoms with Crippen LogP contribution in [0, 0.1) is 0 Å². The summed E-state index contributed by atoms with van der Waals surface area (Å²) in [7, 11) is 1.61. The van der Waals surface area contributed by atoms with E-state index in [1.807, 2.05) is 12.1 Å². The van der Waals surface area contributed by atoms with Gasteiger partial charge in [-0.3, -0.25) is 0 Å². The number of anilines is 1. The third kappa shape index (κ3) is 4.48. The Balaban J connectivity index is 1.63. The number of methoxy groups -OCH3 is 1. The molecule has 0 saturated heterocycles. The van der Waals surface area contributed by atoms with Crippen molar-refractivity contribution in [3.05, 3.63) is 54.2 Å². The van der Waals surface area contributed by atoms with E-state index in [4.69, 9.17) is 17.0 Å². The standard InChI is InChI=1S/C20H25N3OS/c1-24-18-11-10-17(14-21-18)23-19(25)22-15-20(12-6-3-7-13-20)16-8-4-2-5-9-16/h2,4-5,8-11,14H,3,6-7,12-13,15H2,1H3,(H2,22,23,25). The Kier molecular flexibility index (Phi) is 5.87. The minimum absolute atomic E-state index is 0.170. The average molecular weight is 356 g/mol. The van der Waals surface area contributed by atoms with Crippen molar-refractivity contribution in [2.75, 3.05) is 19.0 Å². The second-order valence-electron chi connectivity index (χ2n) is 6.60. The zero-order valence-corrected chi connectivity index (χ0v) is 15.4. The molecular formula is C20H25N3OS. The molecule has 1 aromatic carbocycles. The average Bonchev–Trinajstić information content (AvgIpc) is 2.68. The Hall–Kier alpha value is -2.14. The van der Waals surface area contributed by atoms with Crippen molar-refractivity contribution in [3.63, 3.8) is 0 Å². The molecule has 0 radical (unpaired) electrons. The van der Waals surface area contributed by atoms with Gasteiger partial charge in [-0.2, -0.15) is 0 Å². The zero-order valence-electron chi connectivity index (χ0n) is 14.6. The number of hydrogen-bond donors (Lipinski definition) is 2. The van der Waals surface area contributed by atoms with Crippen molar-refractivity contribution in [3.8, 4) is 5.88 Å². The predicted molar refractivity (Wildman–Crippen MR) is 106 cm³/mol. The van der Waals surface area contributed by atoms with Gasteiger partial charge < -0.3 is 15.4 Å². The molecule has 25 heavy (non-hydrogen) atoms. The van der Waals surface area contributed by atoms with E-state index in [0.29, 0.717) is 11.0 Å². The van der Waals surface area contributed by atoms with Crippen LogP contribution in [0.3, 0.4) is 0 Å². The molecule has 0 bridgehead atoms. The molecule has 3 rings (SSSR count). The lowest BCUT2D eigenvalue weighted by Crippen LogP contribution is -2.43. The van der Waals surface area contributed by atoms with Crippen molar-refractivity contribution >= 4 is 23.0 Å². The monoisotopic (exact) mass is 355 g/mol. The van der Waals surface area contributed by atoms with Crippen molar-refractivity contribution in [1.82, 2.24) is 10.3 Å². The summed E-state index contributed by atoms with van der Waals surface area (Å²) in [6, 6.07) is 14.6. The van der Waals surface area contributed by atoms with E-state index in [1.165, 1.54) is 37.7 Å². The third-order valence-corrected chi connectivity index (χ3v) is 5.23. The molecule has 1 saturated carbocycles. The first kappa shape index (κ1) is 17.7. The molecule has 1 aliphatic carbocycles. The van der Waals surface area contributed by atoms with Gasteiger partial charge in [0.15, 0.2) is 5.11 Å². The summed E-state index contributed by atoms with van der Waals surface area (Å²) in [6.07, 6.45) is 8.01. The molecule has 0 unspecified atom stereocenters. The normalized spacial score (nSPS) is 16.0. The van der Waals surface area contributed by atoms with Crippen LogP contribution in [-0.2, 0) is 5.41 Å².